The van der Waals surface area contributed by atoms with Crippen molar-refractivity contribution < 1.29 is 0 Å². The van der Waals surface area contributed by atoms with Gasteiger partial charge in [-0.3, -0.25) is 0 Å². The van der Waals surface area contributed by atoms with Gasteiger partial charge in [-0.15, -0.1) is 0 Å². The lowest BCUT2D eigenvalue weighted by atomic mass is 10.0. The zero-order valence-electron chi connectivity index (χ0n) is 27.1. The molecule has 0 N–H and O–H groups in total. The lowest BCUT2D eigenvalue weighted by Gasteiger charge is -2.26. The molecule has 0 aliphatic rings. The van der Waals surface area contributed by atoms with Crippen molar-refractivity contribution in [1.82, 2.24) is 9.13 Å². The van der Waals surface area contributed by atoms with Crippen LogP contribution in [0.2, 0.25) is 0 Å². The Morgan fingerprint density at radius 2 is 0.646 bits per heavy atom. The normalized spacial score (nSPS) is 11.7. The maximum absolute atomic E-state index is 2.37. The summed E-state index contributed by atoms with van der Waals surface area (Å²) in [4.78, 5) is 2.36. The fourth-order valence-electron chi connectivity index (χ4n) is 7.36. The molecule has 0 amide bonds. The molecular formula is C45H35N3. The Hall–Kier alpha value is -6.06. The Balaban J connectivity index is 1.16. The first-order valence-corrected chi connectivity index (χ1v) is 16.7. The van der Waals surface area contributed by atoms with E-state index in [1.165, 1.54) is 49.2 Å². The monoisotopic (exact) mass is 617 g/mol. The maximum Gasteiger partial charge on any atom is 0.0541 e. The minimum atomic E-state index is 0.475. The summed E-state index contributed by atoms with van der Waals surface area (Å²) in [6.45, 7) is 4.49. The fourth-order valence-corrected chi connectivity index (χ4v) is 7.36. The van der Waals surface area contributed by atoms with E-state index in [2.05, 4.69) is 198 Å². The summed E-state index contributed by atoms with van der Waals surface area (Å²) in [5, 5.41) is 5.08. The highest BCUT2D eigenvalue weighted by Crippen LogP contribution is 2.39. The van der Waals surface area contributed by atoms with Crippen molar-refractivity contribution >= 4 is 60.7 Å². The van der Waals surface area contributed by atoms with Crippen molar-refractivity contribution in [2.24, 2.45) is 0 Å². The predicted octanol–water partition coefficient (Wildman–Crippen LogP) is 12.5. The quantitative estimate of drug-likeness (QED) is 0.181. The summed E-state index contributed by atoms with van der Waals surface area (Å²) in [6, 6.07) is 61.7. The first-order valence-electron chi connectivity index (χ1n) is 16.7. The molecule has 0 radical (unpaired) electrons. The molecule has 0 spiro atoms. The first-order chi connectivity index (χ1) is 23.7. The molecule has 3 heteroatoms. The molecule has 0 fully saturated rings. The average molecular weight is 618 g/mol. The van der Waals surface area contributed by atoms with Gasteiger partial charge in [-0.05, 0) is 96.4 Å². The van der Waals surface area contributed by atoms with Crippen LogP contribution in [-0.4, -0.2) is 9.13 Å². The second-order valence-electron chi connectivity index (χ2n) is 12.9. The molecule has 0 atom stereocenters. The molecule has 0 saturated heterocycles. The van der Waals surface area contributed by atoms with Crippen LogP contribution in [0.1, 0.15) is 25.3 Å². The van der Waals surface area contributed by atoms with Gasteiger partial charge in [-0.2, -0.15) is 0 Å². The van der Waals surface area contributed by atoms with Crippen LogP contribution in [0, 0.1) is 0 Å². The largest absolute Gasteiger partial charge is 0.311 e. The van der Waals surface area contributed by atoms with E-state index < -0.39 is 0 Å². The molecule has 48 heavy (non-hydrogen) atoms. The smallest absolute Gasteiger partial charge is 0.0541 e. The Labute approximate surface area is 280 Å². The van der Waals surface area contributed by atoms with E-state index >= 15 is 0 Å². The fraction of sp³-hybridized carbons (Fsp3) is 0.0667. The molecule has 0 saturated carbocycles. The molecule has 9 aromatic rings. The number of para-hydroxylation sites is 4. The maximum atomic E-state index is 2.37. The third-order valence-electron chi connectivity index (χ3n) is 9.71. The van der Waals surface area contributed by atoms with Gasteiger partial charge < -0.3 is 14.0 Å². The SMILES string of the molecule is CC(C)c1ccc(N(c2ccc(-n3c4ccccc4c4ccccc43)cc2)c2ccc(-n3c4ccccc4c4ccccc43)cc2)cc1. The lowest BCUT2D eigenvalue weighted by Crippen LogP contribution is -2.10. The van der Waals surface area contributed by atoms with Gasteiger partial charge in [0.05, 0.1) is 22.1 Å². The van der Waals surface area contributed by atoms with Crippen molar-refractivity contribution in [2.75, 3.05) is 4.90 Å². The summed E-state index contributed by atoms with van der Waals surface area (Å²) in [5.74, 6) is 0.475. The van der Waals surface area contributed by atoms with Gasteiger partial charge in [0.15, 0.2) is 0 Å². The lowest BCUT2D eigenvalue weighted by molar-refractivity contribution is 0.866. The molecule has 0 bridgehead atoms. The topological polar surface area (TPSA) is 13.1 Å². The van der Waals surface area contributed by atoms with Crippen molar-refractivity contribution in [2.45, 2.75) is 19.8 Å². The van der Waals surface area contributed by atoms with Crippen LogP contribution in [0.5, 0.6) is 0 Å². The number of benzene rings is 7. The van der Waals surface area contributed by atoms with Crippen molar-refractivity contribution in [3.05, 3.63) is 175 Å². The number of aromatic nitrogens is 2. The third-order valence-corrected chi connectivity index (χ3v) is 9.71. The third kappa shape index (κ3) is 4.51. The van der Waals surface area contributed by atoms with E-state index in [0.717, 1.165) is 28.4 Å². The van der Waals surface area contributed by atoms with E-state index in [-0.39, 0.29) is 0 Å². The highest BCUT2D eigenvalue weighted by atomic mass is 15.1. The Kier molecular flexibility index (Phi) is 6.65. The molecule has 2 heterocycles. The van der Waals surface area contributed by atoms with Crippen molar-refractivity contribution in [3.8, 4) is 11.4 Å². The molecule has 7 aromatic carbocycles. The van der Waals surface area contributed by atoms with Crippen molar-refractivity contribution in [3.63, 3.8) is 0 Å². The van der Waals surface area contributed by atoms with Gasteiger partial charge in [0.2, 0.25) is 0 Å². The van der Waals surface area contributed by atoms with Crippen LogP contribution >= 0.6 is 0 Å². The van der Waals surface area contributed by atoms with E-state index in [0.29, 0.717) is 5.92 Å². The van der Waals surface area contributed by atoms with Crippen LogP contribution in [0.3, 0.4) is 0 Å². The number of hydrogen-bond acceptors (Lipinski definition) is 1. The molecular weight excluding hydrogens is 583 g/mol. The van der Waals surface area contributed by atoms with E-state index in [9.17, 15) is 0 Å². The van der Waals surface area contributed by atoms with E-state index in [1.54, 1.807) is 0 Å². The average Bonchev–Trinajstić information content (AvgIpc) is 3.66. The molecule has 0 aliphatic carbocycles. The summed E-state index contributed by atoms with van der Waals surface area (Å²) < 4.78 is 4.74. The first kappa shape index (κ1) is 28.2. The van der Waals surface area contributed by atoms with Crippen LogP contribution in [0.4, 0.5) is 17.1 Å². The van der Waals surface area contributed by atoms with E-state index in [1.807, 2.05) is 0 Å². The number of anilines is 3. The summed E-state index contributed by atoms with van der Waals surface area (Å²) in [6.07, 6.45) is 0. The number of hydrogen-bond donors (Lipinski definition) is 0. The highest BCUT2D eigenvalue weighted by molar-refractivity contribution is 6.10. The van der Waals surface area contributed by atoms with Gasteiger partial charge in [0.1, 0.15) is 0 Å². The Bertz CT molecular complexity index is 2300. The van der Waals surface area contributed by atoms with Gasteiger partial charge in [-0.1, -0.05) is 98.8 Å². The van der Waals surface area contributed by atoms with Gasteiger partial charge in [0.25, 0.3) is 0 Å². The molecule has 0 aliphatic heterocycles. The second kappa shape index (κ2) is 11.3. The standard InChI is InChI=1S/C45H35N3/c1-31(2)32-19-21-33(22-20-32)46(34-23-27-36(28-24-34)47-42-15-7-3-11-38(42)39-12-4-8-16-43(39)47)35-25-29-37(30-26-35)48-44-17-9-5-13-40(44)41-14-6-10-18-45(41)48/h3-31H,1-2H3. The zero-order valence-corrected chi connectivity index (χ0v) is 27.1. The Morgan fingerprint density at radius 3 is 0.958 bits per heavy atom. The van der Waals surface area contributed by atoms with E-state index in [4.69, 9.17) is 0 Å². The molecule has 0 unspecified atom stereocenters. The highest BCUT2D eigenvalue weighted by Gasteiger charge is 2.17. The number of nitrogens with zero attached hydrogens (tertiary/aromatic N) is 3. The number of fused-ring (bicyclic) bond motifs is 6. The van der Waals surface area contributed by atoms with Gasteiger partial charge in [-0.25, -0.2) is 0 Å². The molecule has 230 valence electrons. The number of rotatable bonds is 6. The van der Waals surface area contributed by atoms with Crippen LogP contribution < -0.4 is 4.90 Å². The van der Waals surface area contributed by atoms with Crippen LogP contribution in [0.15, 0.2) is 170 Å². The van der Waals surface area contributed by atoms with Gasteiger partial charge >= 0.3 is 0 Å². The van der Waals surface area contributed by atoms with Crippen LogP contribution in [0.25, 0.3) is 55.0 Å². The van der Waals surface area contributed by atoms with Crippen LogP contribution in [-0.2, 0) is 0 Å². The van der Waals surface area contributed by atoms with Gasteiger partial charge in [0, 0.05) is 50.0 Å². The summed E-state index contributed by atoms with van der Waals surface area (Å²) >= 11 is 0. The molecule has 3 nitrogen and oxygen atoms in total. The summed E-state index contributed by atoms with van der Waals surface area (Å²) in [5.41, 5.74) is 11.8. The minimum absolute atomic E-state index is 0.475. The Morgan fingerprint density at radius 1 is 0.354 bits per heavy atom. The molecule has 9 rings (SSSR count). The zero-order chi connectivity index (χ0) is 32.2. The predicted molar refractivity (Wildman–Crippen MR) is 204 cm³/mol. The summed E-state index contributed by atoms with van der Waals surface area (Å²) in [7, 11) is 0. The van der Waals surface area contributed by atoms with Crippen molar-refractivity contribution in [1.29, 1.82) is 0 Å². The second-order valence-corrected chi connectivity index (χ2v) is 12.9. The minimum Gasteiger partial charge on any atom is -0.311 e. The molecule has 2 aromatic heterocycles.